The molecule has 5 heteroatoms. The van der Waals surface area contributed by atoms with E-state index in [9.17, 15) is 4.79 Å². The zero-order valence-corrected chi connectivity index (χ0v) is 11.6. The van der Waals surface area contributed by atoms with Crippen LogP contribution in [0.1, 0.15) is 24.5 Å². The van der Waals surface area contributed by atoms with Crippen LogP contribution < -0.4 is 5.43 Å². The Balaban J connectivity index is 1.66. The second-order valence-electron chi connectivity index (χ2n) is 5.28. The highest BCUT2D eigenvalue weighted by atomic mass is 35.5. The highest BCUT2D eigenvalue weighted by Crippen LogP contribution is 2.63. The van der Waals surface area contributed by atoms with E-state index in [2.05, 4.69) is 17.6 Å². The van der Waals surface area contributed by atoms with Gasteiger partial charge < -0.3 is 0 Å². The molecule has 1 fully saturated rings. The quantitative estimate of drug-likeness (QED) is 0.847. The summed E-state index contributed by atoms with van der Waals surface area (Å²) in [6, 6.07) is 8.17. The number of carbonyl (C=O) groups is 1. The molecule has 1 heterocycles. The summed E-state index contributed by atoms with van der Waals surface area (Å²) in [7, 11) is 0. The number of benzene rings is 1. The van der Waals surface area contributed by atoms with Crippen molar-refractivity contribution in [2.75, 3.05) is 0 Å². The maximum atomic E-state index is 12.1. The summed E-state index contributed by atoms with van der Waals surface area (Å²) < 4.78 is -0.913. The predicted octanol–water partition coefficient (Wildman–Crippen LogP) is 2.62. The molecule has 96 valence electrons. The van der Waals surface area contributed by atoms with Crippen LogP contribution in [0.2, 0.25) is 0 Å². The first-order valence-electron chi connectivity index (χ1n) is 5.93. The van der Waals surface area contributed by atoms with Crippen LogP contribution in [-0.2, 0) is 17.9 Å². The minimum absolute atomic E-state index is 0.0969. The van der Waals surface area contributed by atoms with Crippen molar-refractivity contribution in [2.45, 2.75) is 30.8 Å². The SMILES string of the molecule is C[C@@]1(C(=O)NN2Cc3ccccc3C2)CC1(Cl)Cl. The number of rotatable bonds is 2. The second kappa shape index (κ2) is 3.86. The summed E-state index contributed by atoms with van der Waals surface area (Å²) >= 11 is 12.0. The van der Waals surface area contributed by atoms with Gasteiger partial charge in [0.25, 0.3) is 0 Å². The van der Waals surface area contributed by atoms with Crippen LogP contribution in [0.25, 0.3) is 0 Å². The van der Waals surface area contributed by atoms with E-state index in [1.165, 1.54) is 11.1 Å². The molecule has 18 heavy (non-hydrogen) atoms. The molecule has 2 aliphatic rings. The number of nitrogens with zero attached hydrogens (tertiary/aromatic N) is 1. The predicted molar refractivity (Wildman–Crippen MR) is 71.0 cm³/mol. The van der Waals surface area contributed by atoms with Gasteiger partial charge in [-0.3, -0.25) is 10.2 Å². The molecular weight excluding hydrogens is 271 g/mol. The van der Waals surface area contributed by atoms with E-state index in [-0.39, 0.29) is 5.91 Å². The molecule has 1 aliphatic carbocycles. The fourth-order valence-electron chi connectivity index (χ4n) is 2.33. The van der Waals surface area contributed by atoms with E-state index in [4.69, 9.17) is 23.2 Å². The second-order valence-corrected chi connectivity index (χ2v) is 6.76. The topological polar surface area (TPSA) is 32.3 Å². The number of nitrogens with one attached hydrogen (secondary N) is 1. The van der Waals surface area contributed by atoms with Crippen molar-refractivity contribution >= 4 is 29.1 Å². The summed E-state index contributed by atoms with van der Waals surface area (Å²) in [6.07, 6.45) is 0.510. The summed E-state index contributed by atoms with van der Waals surface area (Å²) in [4.78, 5) is 12.1. The molecular formula is C13H14Cl2N2O. The molecule has 1 aromatic carbocycles. The molecule has 1 aliphatic heterocycles. The number of hydrogen-bond donors (Lipinski definition) is 1. The van der Waals surface area contributed by atoms with Gasteiger partial charge in [-0.2, -0.15) is 0 Å². The minimum Gasteiger partial charge on any atom is -0.288 e. The van der Waals surface area contributed by atoms with Gasteiger partial charge in [0, 0.05) is 13.1 Å². The number of halogens is 2. The third-order valence-corrected chi connectivity index (χ3v) is 4.96. The Morgan fingerprint density at radius 1 is 1.28 bits per heavy atom. The zero-order chi connectivity index (χ0) is 13.0. The monoisotopic (exact) mass is 284 g/mol. The van der Waals surface area contributed by atoms with E-state index in [0.29, 0.717) is 6.42 Å². The van der Waals surface area contributed by atoms with Crippen molar-refractivity contribution in [3.8, 4) is 0 Å². The first kappa shape index (κ1) is 12.3. The van der Waals surface area contributed by atoms with E-state index < -0.39 is 9.75 Å². The molecule has 1 saturated carbocycles. The third-order valence-electron chi connectivity index (χ3n) is 3.86. The fraction of sp³-hybridized carbons (Fsp3) is 0.462. The van der Waals surface area contributed by atoms with E-state index in [0.717, 1.165) is 13.1 Å². The van der Waals surface area contributed by atoms with E-state index in [1.54, 1.807) is 6.92 Å². The van der Waals surface area contributed by atoms with Gasteiger partial charge in [-0.1, -0.05) is 24.3 Å². The Hall–Kier alpha value is -0.770. The van der Waals surface area contributed by atoms with E-state index >= 15 is 0 Å². The standard InChI is InChI=1S/C13H14Cl2N2O/c1-12(8-13(12,14)15)11(18)16-17-6-9-4-2-3-5-10(9)7-17/h2-5H,6-8H2,1H3,(H,16,18)/t12-/m0/s1. The Bertz CT molecular complexity index is 492. The molecule has 1 atom stereocenters. The number of alkyl halides is 2. The fourth-order valence-corrected chi connectivity index (χ4v) is 3.03. The molecule has 0 aromatic heterocycles. The van der Waals surface area contributed by atoms with Crippen molar-refractivity contribution < 1.29 is 4.79 Å². The van der Waals surface area contributed by atoms with Crippen molar-refractivity contribution in [3.63, 3.8) is 0 Å². The minimum atomic E-state index is -0.913. The van der Waals surface area contributed by atoms with Crippen molar-refractivity contribution in [1.82, 2.24) is 10.4 Å². The van der Waals surface area contributed by atoms with Gasteiger partial charge >= 0.3 is 0 Å². The highest BCUT2D eigenvalue weighted by molar-refractivity contribution is 6.53. The summed E-state index contributed by atoms with van der Waals surface area (Å²) in [5.41, 5.74) is 4.75. The summed E-state index contributed by atoms with van der Waals surface area (Å²) in [6.45, 7) is 3.26. The lowest BCUT2D eigenvalue weighted by atomic mass is 10.1. The Kier molecular flexibility index (Phi) is 2.63. The number of fused-ring (bicyclic) bond motifs is 1. The number of hydrazine groups is 1. The summed E-state index contributed by atoms with van der Waals surface area (Å²) in [5, 5.41) is 1.90. The number of carbonyl (C=O) groups excluding carboxylic acids is 1. The van der Waals surface area contributed by atoms with Gasteiger partial charge in [-0.05, 0) is 24.5 Å². The lowest BCUT2D eigenvalue weighted by molar-refractivity contribution is -0.131. The molecule has 1 N–H and O–H groups in total. The van der Waals surface area contributed by atoms with Gasteiger partial charge in [0.15, 0.2) is 0 Å². The Labute approximate surface area is 116 Å². The molecule has 3 nitrogen and oxygen atoms in total. The van der Waals surface area contributed by atoms with Crippen LogP contribution >= 0.6 is 23.2 Å². The average molecular weight is 285 g/mol. The third kappa shape index (κ3) is 1.81. The maximum absolute atomic E-state index is 12.1. The van der Waals surface area contributed by atoms with Crippen molar-refractivity contribution in [2.24, 2.45) is 5.41 Å². The highest BCUT2D eigenvalue weighted by Gasteiger charge is 2.68. The Morgan fingerprint density at radius 2 is 1.78 bits per heavy atom. The van der Waals surface area contributed by atoms with Gasteiger partial charge in [0.05, 0.1) is 5.41 Å². The van der Waals surface area contributed by atoms with Gasteiger partial charge in [-0.25, -0.2) is 5.01 Å². The number of amides is 1. The van der Waals surface area contributed by atoms with Crippen LogP contribution in [0.5, 0.6) is 0 Å². The molecule has 1 amide bonds. The van der Waals surface area contributed by atoms with Crippen LogP contribution in [0.3, 0.4) is 0 Å². The molecule has 0 bridgehead atoms. The first-order chi connectivity index (χ1) is 8.42. The lowest BCUT2D eigenvalue weighted by Gasteiger charge is -2.20. The normalized spacial score (nSPS) is 28.8. The average Bonchev–Trinajstić information content (AvgIpc) is 2.69. The largest absolute Gasteiger partial charge is 0.288 e. The maximum Gasteiger partial charge on any atom is 0.243 e. The van der Waals surface area contributed by atoms with Gasteiger partial charge in [0.2, 0.25) is 5.91 Å². The molecule has 0 radical (unpaired) electrons. The molecule has 0 unspecified atom stereocenters. The van der Waals surface area contributed by atoms with Crippen LogP contribution in [0.4, 0.5) is 0 Å². The molecule has 0 spiro atoms. The molecule has 1 aromatic rings. The smallest absolute Gasteiger partial charge is 0.243 e. The Morgan fingerprint density at radius 3 is 2.22 bits per heavy atom. The zero-order valence-electron chi connectivity index (χ0n) is 10.0. The molecule has 3 rings (SSSR count). The van der Waals surface area contributed by atoms with Crippen LogP contribution in [-0.4, -0.2) is 15.2 Å². The van der Waals surface area contributed by atoms with Crippen molar-refractivity contribution in [3.05, 3.63) is 35.4 Å². The summed E-state index contributed by atoms with van der Waals surface area (Å²) in [5.74, 6) is -0.0969. The van der Waals surface area contributed by atoms with Gasteiger partial charge in [0.1, 0.15) is 4.33 Å². The lowest BCUT2D eigenvalue weighted by Crippen LogP contribution is -2.43. The molecule has 0 saturated heterocycles. The van der Waals surface area contributed by atoms with Gasteiger partial charge in [-0.15, -0.1) is 23.2 Å². The van der Waals surface area contributed by atoms with Crippen LogP contribution in [0, 0.1) is 5.41 Å². The van der Waals surface area contributed by atoms with Crippen LogP contribution in [0.15, 0.2) is 24.3 Å². The van der Waals surface area contributed by atoms with E-state index in [1.807, 2.05) is 17.1 Å². The first-order valence-corrected chi connectivity index (χ1v) is 6.69. The number of hydrogen-bond acceptors (Lipinski definition) is 2. The van der Waals surface area contributed by atoms with Crippen molar-refractivity contribution in [1.29, 1.82) is 0 Å².